The van der Waals surface area contributed by atoms with E-state index in [9.17, 15) is 14.8 Å². The van der Waals surface area contributed by atoms with Gasteiger partial charge in [0.15, 0.2) is 0 Å². The summed E-state index contributed by atoms with van der Waals surface area (Å²) in [7, 11) is 0. The molecule has 0 radical (unpaired) electrons. The summed E-state index contributed by atoms with van der Waals surface area (Å²) in [5.41, 5.74) is 0. The van der Waals surface area contributed by atoms with Gasteiger partial charge in [-0.25, -0.2) is 0 Å². The summed E-state index contributed by atoms with van der Waals surface area (Å²) in [6.07, 6.45) is 0.205. The van der Waals surface area contributed by atoms with Crippen molar-refractivity contribution in [2.24, 2.45) is 11.2 Å². The Morgan fingerprint density at radius 3 is 2.76 bits per heavy atom. The van der Waals surface area contributed by atoms with Crippen LogP contribution in [0.4, 0.5) is 0 Å². The number of hydrazine groups is 1. The minimum atomic E-state index is -0.951. The van der Waals surface area contributed by atoms with E-state index < -0.39 is 24.6 Å². The monoisotopic (exact) mass is 247 g/mol. The Hall–Kier alpha value is -2.06. The largest absolute Gasteiger partial charge is 0.569 e. The smallest absolute Gasteiger partial charge is 0.310 e. The molecule has 0 spiro atoms. The Morgan fingerprint density at radius 1 is 1.59 bits per heavy atom. The van der Waals surface area contributed by atoms with Gasteiger partial charge < -0.3 is 19.9 Å². The highest BCUT2D eigenvalue weighted by molar-refractivity contribution is 5.71. The molecule has 9 nitrogen and oxygen atoms in total. The maximum atomic E-state index is 11.1. The molecule has 1 rings (SSSR count). The Labute approximate surface area is 96.7 Å². The van der Waals surface area contributed by atoms with Crippen molar-refractivity contribution < 1.29 is 29.2 Å². The minimum Gasteiger partial charge on any atom is -0.569 e. The molecule has 1 N–H and O–H groups in total. The zero-order valence-electron chi connectivity index (χ0n) is 9.24. The molecule has 0 unspecified atom stereocenters. The molecule has 0 bridgehead atoms. The van der Waals surface area contributed by atoms with Gasteiger partial charge in [0.1, 0.15) is 5.92 Å². The van der Waals surface area contributed by atoms with Crippen molar-refractivity contribution in [1.82, 2.24) is 5.01 Å². The van der Waals surface area contributed by atoms with Crippen molar-refractivity contribution >= 4 is 11.9 Å². The first-order valence-electron chi connectivity index (χ1n) is 4.98. The number of ether oxygens (including phenoxy) is 1. The van der Waals surface area contributed by atoms with Crippen LogP contribution in [0.5, 0.6) is 0 Å². The minimum absolute atomic E-state index is 0.0838. The molecule has 0 atom stereocenters. The predicted molar refractivity (Wildman–Crippen MR) is 51.1 cm³/mol. The number of esters is 1. The van der Waals surface area contributed by atoms with Gasteiger partial charge in [0.05, 0.1) is 18.1 Å². The SMILES string of the molecule is CCC(=O)OCO/N=[N+](\[O-])N1CC(C(=O)O)C1. The second-order valence-electron chi connectivity index (χ2n) is 3.36. The fourth-order valence-electron chi connectivity index (χ4n) is 1.07. The number of nitrogens with zero attached hydrogens (tertiary/aromatic N) is 3. The fraction of sp³-hybridized carbons (Fsp3) is 0.750. The van der Waals surface area contributed by atoms with Crippen LogP contribution >= 0.6 is 0 Å². The highest BCUT2D eigenvalue weighted by atomic mass is 16.8. The van der Waals surface area contributed by atoms with Crippen molar-refractivity contribution in [3.8, 4) is 0 Å². The number of hydrogen-bond acceptors (Lipinski definition) is 6. The molecule has 0 saturated carbocycles. The molecule has 96 valence electrons. The summed E-state index contributed by atoms with van der Waals surface area (Å²) < 4.78 is 4.50. The molecule has 0 aromatic heterocycles. The van der Waals surface area contributed by atoms with Gasteiger partial charge in [-0.05, 0) is 0 Å². The number of carboxylic acids is 1. The van der Waals surface area contributed by atoms with Crippen LogP contribution in [0.25, 0.3) is 0 Å². The van der Waals surface area contributed by atoms with E-state index in [-0.39, 0.29) is 24.5 Å². The molecule has 1 fully saturated rings. The molecular weight excluding hydrogens is 234 g/mol. The van der Waals surface area contributed by atoms with Gasteiger partial charge in [0.2, 0.25) is 5.28 Å². The maximum Gasteiger partial charge on any atom is 0.310 e. The van der Waals surface area contributed by atoms with Crippen molar-refractivity contribution in [3.05, 3.63) is 5.21 Å². The lowest BCUT2D eigenvalue weighted by Gasteiger charge is -2.30. The van der Waals surface area contributed by atoms with Crippen LogP contribution in [-0.4, -0.2) is 46.9 Å². The van der Waals surface area contributed by atoms with Gasteiger partial charge in [-0.1, -0.05) is 6.92 Å². The van der Waals surface area contributed by atoms with Gasteiger partial charge >= 0.3 is 11.9 Å². The number of rotatable bonds is 6. The van der Waals surface area contributed by atoms with E-state index in [4.69, 9.17) is 5.11 Å². The van der Waals surface area contributed by atoms with Crippen LogP contribution in [0.3, 0.4) is 0 Å². The highest BCUT2D eigenvalue weighted by Crippen LogP contribution is 2.15. The topological polar surface area (TPSA) is 114 Å². The van der Waals surface area contributed by atoms with Crippen molar-refractivity contribution in [2.45, 2.75) is 13.3 Å². The van der Waals surface area contributed by atoms with E-state index in [1.807, 2.05) is 0 Å². The number of hydrogen-bond donors (Lipinski definition) is 1. The first-order valence-corrected chi connectivity index (χ1v) is 4.98. The summed E-state index contributed by atoms with van der Waals surface area (Å²) in [4.78, 5) is 25.7. The number of carbonyl (C=O) groups is 2. The zero-order valence-corrected chi connectivity index (χ0v) is 9.24. The third-order valence-electron chi connectivity index (χ3n) is 2.14. The lowest BCUT2D eigenvalue weighted by molar-refractivity contribution is -0.726. The van der Waals surface area contributed by atoms with Crippen molar-refractivity contribution in [3.63, 3.8) is 0 Å². The summed E-state index contributed by atoms with van der Waals surface area (Å²) in [6, 6.07) is 0. The second-order valence-corrected chi connectivity index (χ2v) is 3.36. The summed E-state index contributed by atoms with van der Waals surface area (Å²) in [6.45, 7) is 1.34. The normalized spacial score (nSPS) is 16.3. The van der Waals surface area contributed by atoms with Crippen LogP contribution in [-0.2, 0) is 19.2 Å². The molecule has 1 aliphatic rings. The van der Waals surface area contributed by atoms with E-state index in [0.717, 1.165) is 5.01 Å². The van der Waals surface area contributed by atoms with Crippen LogP contribution in [0.2, 0.25) is 0 Å². The Morgan fingerprint density at radius 2 is 2.24 bits per heavy atom. The van der Waals surface area contributed by atoms with E-state index >= 15 is 0 Å². The van der Waals surface area contributed by atoms with E-state index in [2.05, 4.69) is 14.9 Å². The summed E-state index contributed by atoms with van der Waals surface area (Å²) >= 11 is 0. The highest BCUT2D eigenvalue weighted by Gasteiger charge is 2.38. The third-order valence-corrected chi connectivity index (χ3v) is 2.14. The van der Waals surface area contributed by atoms with Crippen LogP contribution in [0, 0.1) is 11.1 Å². The molecule has 0 aliphatic carbocycles. The van der Waals surface area contributed by atoms with Gasteiger partial charge in [-0.3, -0.25) is 9.59 Å². The van der Waals surface area contributed by atoms with Crippen LogP contribution in [0.15, 0.2) is 5.28 Å². The average Bonchev–Trinajstić information content (AvgIpc) is 2.21. The summed E-state index contributed by atoms with van der Waals surface area (Å²) in [5, 5.41) is 23.9. The Bertz CT molecular complexity index is 325. The quantitative estimate of drug-likeness (QED) is 0.171. The molecule has 9 heteroatoms. The fourth-order valence-corrected chi connectivity index (χ4v) is 1.07. The molecule has 17 heavy (non-hydrogen) atoms. The van der Waals surface area contributed by atoms with Crippen LogP contribution in [0.1, 0.15) is 13.3 Å². The van der Waals surface area contributed by atoms with Gasteiger partial charge in [-0.15, -0.1) is 5.01 Å². The molecular formula is C8H13N3O6. The lowest BCUT2D eigenvalue weighted by atomic mass is 10.0. The summed E-state index contributed by atoms with van der Waals surface area (Å²) in [5.74, 6) is -1.97. The molecule has 0 aromatic carbocycles. The third kappa shape index (κ3) is 3.78. The Kier molecular flexibility index (Phi) is 4.49. The molecule has 0 amide bonds. The Balaban J connectivity index is 2.18. The van der Waals surface area contributed by atoms with Crippen molar-refractivity contribution in [1.29, 1.82) is 0 Å². The average molecular weight is 247 g/mol. The number of carboxylic acid groups (broad SMARTS) is 1. The van der Waals surface area contributed by atoms with Gasteiger partial charge in [-0.2, -0.15) is 0 Å². The number of aliphatic carboxylic acids is 1. The molecule has 1 heterocycles. The molecule has 1 saturated heterocycles. The van der Waals surface area contributed by atoms with Gasteiger partial charge in [0.25, 0.3) is 6.79 Å². The number of carbonyl (C=O) groups excluding carboxylic acids is 1. The van der Waals surface area contributed by atoms with Crippen molar-refractivity contribution in [2.75, 3.05) is 19.9 Å². The van der Waals surface area contributed by atoms with E-state index in [1.54, 1.807) is 6.92 Å². The van der Waals surface area contributed by atoms with Gasteiger partial charge in [0, 0.05) is 6.42 Å². The van der Waals surface area contributed by atoms with E-state index in [0.29, 0.717) is 0 Å². The predicted octanol–water partition coefficient (Wildman–Crippen LogP) is -0.277. The molecule has 0 aromatic rings. The first-order chi connectivity index (χ1) is 8.04. The maximum absolute atomic E-state index is 11.1. The van der Waals surface area contributed by atoms with E-state index in [1.165, 1.54) is 0 Å². The van der Waals surface area contributed by atoms with Crippen LogP contribution < -0.4 is 0 Å². The zero-order chi connectivity index (χ0) is 12.8. The lowest BCUT2D eigenvalue weighted by Crippen LogP contribution is -2.53. The second kappa shape index (κ2) is 5.87. The standard InChI is InChI=1S/C8H13N3O6/c1-2-7(12)16-5-17-9-11(15)10-3-6(4-10)8(13)14/h6H,2-5H2,1H3,(H,13,14)/b11-9-. The molecule has 1 aliphatic heterocycles. The first kappa shape index (κ1) is 13.0.